The molecule has 1 aliphatic rings. The molecule has 0 saturated carbocycles. The summed E-state index contributed by atoms with van der Waals surface area (Å²) in [6.45, 7) is 3.69. The van der Waals surface area contributed by atoms with Crippen molar-refractivity contribution in [2.75, 3.05) is 20.3 Å². The maximum absolute atomic E-state index is 10.8. The summed E-state index contributed by atoms with van der Waals surface area (Å²) in [7, 11) is 1.97. The molecule has 0 spiro atoms. The first kappa shape index (κ1) is 9.85. The van der Waals surface area contributed by atoms with Crippen molar-refractivity contribution in [3.05, 3.63) is 12.4 Å². The van der Waals surface area contributed by atoms with Gasteiger partial charge in [-0.05, 0) is 6.42 Å². The number of nitrogens with zero attached hydrogens (tertiary/aromatic N) is 2. The Morgan fingerprint density at radius 1 is 1.77 bits per heavy atom. The Hall–Kier alpha value is -1.23. The minimum atomic E-state index is -0.478. The molecule has 0 bridgehead atoms. The van der Waals surface area contributed by atoms with E-state index in [2.05, 4.69) is 12.3 Å². The normalized spacial score (nSPS) is 26.5. The van der Waals surface area contributed by atoms with Gasteiger partial charge >= 0.3 is 6.03 Å². The Labute approximate surface area is 78.3 Å². The fourth-order valence-corrected chi connectivity index (χ4v) is 1.63. The second-order valence-electron chi connectivity index (χ2n) is 3.43. The summed E-state index contributed by atoms with van der Waals surface area (Å²) in [6, 6.07) is -0.478. The zero-order valence-corrected chi connectivity index (χ0v) is 8.16. The number of rotatable bonds is 3. The van der Waals surface area contributed by atoms with Gasteiger partial charge in [0.15, 0.2) is 6.67 Å². The summed E-state index contributed by atoms with van der Waals surface area (Å²) < 4.78 is 0.433. The number of urea groups is 1. The average molecular weight is 185 g/mol. The molecule has 1 heterocycles. The van der Waals surface area contributed by atoms with Gasteiger partial charge in [0.05, 0.1) is 6.20 Å². The van der Waals surface area contributed by atoms with Crippen molar-refractivity contribution in [3.63, 3.8) is 0 Å². The van der Waals surface area contributed by atoms with Crippen LogP contribution in [0.15, 0.2) is 12.4 Å². The fraction of sp³-hybridized carbons (Fsp3) is 0.625. The molecule has 1 aliphatic heterocycles. The molecule has 1 rings (SSSR count). The highest BCUT2D eigenvalue weighted by molar-refractivity contribution is 5.70. The van der Waals surface area contributed by atoms with Gasteiger partial charge in [-0.2, -0.15) is 10.0 Å². The van der Waals surface area contributed by atoms with Crippen molar-refractivity contribution in [1.82, 2.24) is 10.3 Å². The minimum absolute atomic E-state index is 0.433. The maximum Gasteiger partial charge on any atom is 0.356 e. The first-order valence-electron chi connectivity index (χ1n) is 4.42. The van der Waals surface area contributed by atoms with Crippen LogP contribution in [0.1, 0.15) is 13.3 Å². The van der Waals surface area contributed by atoms with Crippen LogP contribution in [-0.2, 0) is 0 Å². The Morgan fingerprint density at radius 3 is 2.85 bits per heavy atom. The average Bonchev–Trinajstić information content (AvgIpc) is 2.31. The second-order valence-corrected chi connectivity index (χ2v) is 3.43. The van der Waals surface area contributed by atoms with Gasteiger partial charge in [-0.15, -0.1) is 0 Å². The van der Waals surface area contributed by atoms with Crippen molar-refractivity contribution < 1.29 is 9.39 Å². The molecule has 0 radical (unpaired) electrons. The van der Waals surface area contributed by atoms with E-state index in [-0.39, 0.29) is 0 Å². The minimum Gasteiger partial charge on any atom is -0.348 e. The number of quaternary nitrogens is 1. The van der Waals surface area contributed by atoms with Gasteiger partial charge in [0, 0.05) is 7.05 Å². The summed E-state index contributed by atoms with van der Waals surface area (Å²) in [6.07, 6.45) is 4.90. The lowest BCUT2D eigenvalue weighted by molar-refractivity contribution is -0.915. The van der Waals surface area contributed by atoms with Crippen molar-refractivity contribution in [2.24, 2.45) is 5.73 Å². The third kappa shape index (κ3) is 2.35. The number of hydrogen-bond donors (Lipinski definition) is 2. The summed E-state index contributed by atoms with van der Waals surface area (Å²) in [5.41, 5.74) is 7.85. The van der Waals surface area contributed by atoms with E-state index in [1.165, 1.54) is 0 Å². The zero-order chi connectivity index (χ0) is 9.90. The maximum atomic E-state index is 10.8. The largest absolute Gasteiger partial charge is 0.356 e. The standard InChI is InChI=1S/C8H16N4O/c1-3-5-12(10-8(9)13)6-4-11(2)7-12/h4,6H,3,5,7H2,1-2H3,(H2-,9,10,13)/p+1. The van der Waals surface area contributed by atoms with Crippen molar-refractivity contribution in [1.29, 1.82) is 0 Å². The lowest BCUT2D eigenvalue weighted by Crippen LogP contribution is -2.58. The van der Waals surface area contributed by atoms with Gasteiger partial charge in [-0.3, -0.25) is 0 Å². The predicted octanol–water partition coefficient (Wildman–Crippen LogP) is 0.171. The second kappa shape index (κ2) is 3.66. The molecule has 0 aliphatic carbocycles. The molecule has 5 nitrogen and oxygen atoms in total. The topological polar surface area (TPSA) is 58.4 Å². The molecule has 2 amide bonds. The smallest absolute Gasteiger partial charge is 0.348 e. The van der Waals surface area contributed by atoms with E-state index >= 15 is 0 Å². The van der Waals surface area contributed by atoms with Crippen molar-refractivity contribution >= 4 is 6.03 Å². The number of amides is 2. The molecule has 1 atom stereocenters. The molecule has 0 saturated heterocycles. The van der Waals surface area contributed by atoms with Crippen LogP contribution in [0.3, 0.4) is 0 Å². The number of carbonyl (C=O) groups excluding carboxylic acids is 1. The molecule has 0 aromatic rings. The third-order valence-electron chi connectivity index (χ3n) is 2.04. The number of hydrogen-bond acceptors (Lipinski definition) is 2. The fourth-order valence-electron chi connectivity index (χ4n) is 1.63. The third-order valence-corrected chi connectivity index (χ3v) is 2.04. The summed E-state index contributed by atoms with van der Waals surface area (Å²) in [5, 5.41) is 0. The summed E-state index contributed by atoms with van der Waals surface area (Å²) >= 11 is 0. The van der Waals surface area contributed by atoms with Crippen LogP contribution in [0.2, 0.25) is 0 Å². The Kier molecular flexibility index (Phi) is 2.77. The van der Waals surface area contributed by atoms with Gasteiger partial charge in [0.2, 0.25) is 0 Å². The van der Waals surface area contributed by atoms with E-state index < -0.39 is 6.03 Å². The van der Waals surface area contributed by atoms with E-state index in [4.69, 9.17) is 5.73 Å². The summed E-state index contributed by atoms with van der Waals surface area (Å²) in [4.78, 5) is 12.8. The Morgan fingerprint density at radius 2 is 2.46 bits per heavy atom. The van der Waals surface area contributed by atoms with Crippen LogP contribution < -0.4 is 11.2 Å². The Balaban J connectivity index is 2.66. The number of carbonyl (C=O) groups is 1. The number of primary amides is 1. The molecule has 13 heavy (non-hydrogen) atoms. The first-order chi connectivity index (χ1) is 6.08. The molecule has 0 aromatic heterocycles. The van der Waals surface area contributed by atoms with Crippen LogP contribution in [0.25, 0.3) is 0 Å². The van der Waals surface area contributed by atoms with Crippen LogP contribution in [0, 0.1) is 0 Å². The number of nitrogens with one attached hydrogen (secondary N) is 1. The van der Waals surface area contributed by atoms with E-state index in [1.54, 1.807) is 0 Å². The zero-order valence-electron chi connectivity index (χ0n) is 8.16. The Bertz CT molecular complexity index is 228. The molecule has 1 unspecified atom stereocenters. The molecule has 0 aromatic carbocycles. The van der Waals surface area contributed by atoms with Gasteiger partial charge < -0.3 is 10.6 Å². The van der Waals surface area contributed by atoms with E-state index in [1.807, 2.05) is 24.3 Å². The van der Waals surface area contributed by atoms with Gasteiger partial charge in [-0.1, -0.05) is 6.92 Å². The number of nitrogens with two attached hydrogens (primary N) is 1. The van der Waals surface area contributed by atoms with Gasteiger partial charge in [0.25, 0.3) is 0 Å². The van der Waals surface area contributed by atoms with Crippen molar-refractivity contribution in [3.8, 4) is 0 Å². The van der Waals surface area contributed by atoms with Crippen LogP contribution in [0.4, 0.5) is 4.79 Å². The van der Waals surface area contributed by atoms with E-state index in [9.17, 15) is 4.79 Å². The van der Waals surface area contributed by atoms with Crippen LogP contribution in [0.5, 0.6) is 0 Å². The lowest BCUT2D eigenvalue weighted by atomic mass is 10.4. The quantitative estimate of drug-likeness (QED) is 0.616. The highest BCUT2D eigenvalue weighted by Gasteiger charge is 2.31. The van der Waals surface area contributed by atoms with Gasteiger partial charge in [0.1, 0.15) is 12.7 Å². The highest BCUT2D eigenvalue weighted by atomic mass is 16.2. The van der Waals surface area contributed by atoms with Crippen LogP contribution in [-0.4, -0.2) is 35.8 Å². The molecular formula is C8H17N4O+. The molecule has 74 valence electrons. The monoisotopic (exact) mass is 185 g/mol. The lowest BCUT2D eigenvalue weighted by Gasteiger charge is -2.30. The van der Waals surface area contributed by atoms with Crippen molar-refractivity contribution in [2.45, 2.75) is 13.3 Å². The molecule has 5 heteroatoms. The highest BCUT2D eigenvalue weighted by Crippen LogP contribution is 2.13. The first-order valence-corrected chi connectivity index (χ1v) is 4.42. The van der Waals surface area contributed by atoms with E-state index in [0.717, 1.165) is 19.6 Å². The van der Waals surface area contributed by atoms with E-state index in [0.29, 0.717) is 4.59 Å². The predicted molar refractivity (Wildman–Crippen MR) is 49.9 cm³/mol. The molecule has 3 N–H and O–H groups in total. The SMILES string of the molecule is CCC[N+]1(NC(N)=O)C=CN(C)C1. The van der Waals surface area contributed by atoms with Crippen LogP contribution >= 0.6 is 0 Å². The molecule has 0 fully saturated rings. The summed E-state index contributed by atoms with van der Waals surface area (Å²) in [5.74, 6) is 0. The molecular weight excluding hydrogens is 168 g/mol. The van der Waals surface area contributed by atoms with Gasteiger partial charge in [-0.25, -0.2) is 4.79 Å².